The normalized spacial score (nSPS) is 10.7. The predicted octanol–water partition coefficient (Wildman–Crippen LogP) is 2.91. The molecule has 1 N–H and O–H groups in total. The smallest absolute Gasteiger partial charge is 0.203 e. The van der Waals surface area contributed by atoms with Crippen LogP contribution in [-0.2, 0) is 0 Å². The van der Waals surface area contributed by atoms with Gasteiger partial charge in [0.2, 0.25) is 5.13 Å². The molecular weight excluding hydrogens is 262 g/mol. The first-order valence-corrected chi connectivity index (χ1v) is 6.54. The Hall–Kier alpha value is -2.08. The second-order valence-corrected chi connectivity index (χ2v) is 4.63. The second kappa shape index (κ2) is 6.19. The average molecular weight is 277 g/mol. The lowest BCUT2D eigenvalue weighted by Crippen LogP contribution is -1.95. The lowest BCUT2D eigenvalue weighted by Gasteiger charge is -2.06. The van der Waals surface area contributed by atoms with Crippen molar-refractivity contribution in [2.75, 3.05) is 19.6 Å². The zero-order valence-corrected chi connectivity index (χ0v) is 11.8. The van der Waals surface area contributed by atoms with Crippen LogP contribution in [0.2, 0.25) is 0 Å². The van der Waals surface area contributed by atoms with Crippen molar-refractivity contribution in [3.05, 3.63) is 34.8 Å². The van der Waals surface area contributed by atoms with Crippen LogP contribution in [-0.4, -0.2) is 25.4 Å². The zero-order valence-electron chi connectivity index (χ0n) is 11.0. The Balaban J connectivity index is 2.09. The van der Waals surface area contributed by atoms with Crippen molar-refractivity contribution in [2.45, 2.75) is 6.92 Å². The van der Waals surface area contributed by atoms with E-state index in [4.69, 9.17) is 9.47 Å². The van der Waals surface area contributed by atoms with E-state index < -0.39 is 0 Å². The lowest BCUT2D eigenvalue weighted by molar-refractivity contribution is 0.394. The Bertz CT molecular complexity index is 581. The van der Waals surface area contributed by atoms with Gasteiger partial charge in [-0.1, -0.05) is 0 Å². The number of methoxy groups -OCH3 is 2. The van der Waals surface area contributed by atoms with Gasteiger partial charge >= 0.3 is 0 Å². The number of aromatic nitrogens is 1. The molecule has 1 aromatic heterocycles. The Morgan fingerprint density at radius 2 is 2.16 bits per heavy atom. The number of anilines is 1. The summed E-state index contributed by atoms with van der Waals surface area (Å²) >= 11 is 1.51. The summed E-state index contributed by atoms with van der Waals surface area (Å²) in [7, 11) is 3.23. The first-order chi connectivity index (χ1) is 9.22. The summed E-state index contributed by atoms with van der Waals surface area (Å²) < 4.78 is 10.4. The van der Waals surface area contributed by atoms with E-state index in [0.717, 1.165) is 22.1 Å². The molecule has 0 bridgehead atoms. The van der Waals surface area contributed by atoms with Crippen molar-refractivity contribution < 1.29 is 9.47 Å². The summed E-state index contributed by atoms with van der Waals surface area (Å²) in [6.07, 6.45) is 1.69. The molecule has 0 fully saturated rings. The molecule has 6 heteroatoms. The summed E-state index contributed by atoms with van der Waals surface area (Å²) in [5, 5.41) is 6.87. The van der Waals surface area contributed by atoms with E-state index in [1.807, 2.05) is 30.5 Å². The molecule has 1 aromatic carbocycles. The van der Waals surface area contributed by atoms with Gasteiger partial charge in [0, 0.05) is 17.0 Å². The molecule has 0 aliphatic heterocycles. The number of nitrogens with one attached hydrogen (secondary N) is 1. The van der Waals surface area contributed by atoms with E-state index in [0.29, 0.717) is 5.75 Å². The van der Waals surface area contributed by atoms with Crippen LogP contribution in [0.15, 0.2) is 28.7 Å². The highest BCUT2D eigenvalue weighted by atomic mass is 32.1. The molecule has 5 nitrogen and oxygen atoms in total. The third-order valence-electron chi connectivity index (χ3n) is 2.42. The van der Waals surface area contributed by atoms with Crippen molar-refractivity contribution in [3.8, 4) is 11.5 Å². The Morgan fingerprint density at radius 3 is 2.79 bits per heavy atom. The van der Waals surface area contributed by atoms with Crippen LogP contribution in [0.1, 0.15) is 11.3 Å². The summed E-state index contributed by atoms with van der Waals surface area (Å²) in [6, 6.07) is 5.56. The quantitative estimate of drug-likeness (QED) is 0.674. The number of ether oxygens (including phenoxy) is 2. The minimum Gasteiger partial charge on any atom is -0.497 e. The van der Waals surface area contributed by atoms with E-state index in [9.17, 15) is 0 Å². The number of nitrogens with zero attached hydrogens (tertiary/aromatic N) is 2. The third-order valence-corrected chi connectivity index (χ3v) is 3.29. The second-order valence-electron chi connectivity index (χ2n) is 3.77. The van der Waals surface area contributed by atoms with Gasteiger partial charge in [-0.2, -0.15) is 5.10 Å². The van der Waals surface area contributed by atoms with Gasteiger partial charge in [-0.25, -0.2) is 4.98 Å². The maximum Gasteiger partial charge on any atom is 0.203 e. The zero-order chi connectivity index (χ0) is 13.7. The maximum atomic E-state index is 5.28. The first kappa shape index (κ1) is 13.4. The van der Waals surface area contributed by atoms with E-state index >= 15 is 0 Å². The Morgan fingerprint density at radius 1 is 1.32 bits per heavy atom. The predicted molar refractivity (Wildman–Crippen MR) is 77.6 cm³/mol. The van der Waals surface area contributed by atoms with Crippen molar-refractivity contribution >= 4 is 22.7 Å². The summed E-state index contributed by atoms with van der Waals surface area (Å²) in [4.78, 5) is 4.25. The molecular formula is C13H15N3O2S. The van der Waals surface area contributed by atoms with E-state index in [1.165, 1.54) is 11.3 Å². The summed E-state index contributed by atoms with van der Waals surface area (Å²) in [5.41, 5.74) is 4.73. The number of hydrazone groups is 1. The minimum absolute atomic E-state index is 0.709. The highest BCUT2D eigenvalue weighted by Gasteiger charge is 2.02. The van der Waals surface area contributed by atoms with Crippen molar-refractivity contribution in [2.24, 2.45) is 5.10 Å². The van der Waals surface area contributed by atoms with Gasteiger partial charge < -0.3 is 9.47 Å². The number of benzene rings is 1. The van der Waals surface area contributed by atoms with Gasteiger partial charge in [0.1, 0.15) is 11.5 Å². The molecule has 0 saturated carbocycles. The van der Waals surface area contributed by atoms with Crippen LogP contribution >= 0.6 is 11.3 Å². The molecule has 0 atom stereocenters. The number of aryl methyl sites for hydroxylation is 1. The first-order valence-electron chi connectivity index (χ1n) is 5.66. The van der Waals surface area contributed by atoms with Gasteiger partial charge in [-0.05, 0) is 19.1 Å². The van der Waals surface area contributed by atoms with Crippen LogP contribution in [0.5, 0.6) is 11.5 Å². The fourth-order valence-corrected chi connectivity index (χ4v) is 2.12. The molecule has 0 spiro atoms. The van der Waals surface area contributed by atoms with Crippen molar-refractivity contribution in [1.82, 2.24) is 4.98 Å². The van der Waals surface area contributed by atoms with Crippen molar-refractivity contribution in [1.29, 1.82) is 0 Å². The van der Waals surface area contributed by atoms with Crippen LogP contribution in [0, 0.1) is 6.92 Å². The molecule has 0 radical (unpaired) electrons. The summed E-state index contributed by atoms with van der Waals surface area (Å²) in [6.45, 7) is 1.94. The van der Waals surface area contributed by atoms with Gasteiger partial charge in [0.15, 0.2) is 0 Å². The maximum absolute atomic E-state index is 5.28. The molecule has 0 unspecified atom stereocenters. The highest BCUT2D eigenvalue weighted by Crippen LogP contribution is 2.23. The fourth-order valence-electron chi connectivity index (χ4n) is 1.49. The molecule has 2 rings (SSSR count). The number of hydrogen-bond acceptors (Lipinski definition) is 6. The monoisotopic (exact) mass is 277 g/mol. The Labute approximate surface area is 115 Å². The Kier molecular flexibility index (Phi) is 4.35. The van der Waals surface area contributed by atoms with Gasteiger partial charge in [0.05, 0.1) is 26.1 Å². The SMILES string of the molecule is COc1ccc(C=NNc2nc(C)cs2)c(OC)c1. The van der Waals surface area contributed by atoms with E-state index in [2.05, 4.69) is 15.5 Å². The summed E-state index contributed by atoms with van der Waals surface area (Å²) in [5.74, 6) is 1.46. The number of thiazole rings is 1. The minimum atomic E-state index is 0.709. The average Bonchev–Trinajstić information content (AvgIpc) is 2.84. The van der Waals surface area contributed by atoms with Crippen LogP contribution in [0.25, 0.3) is 0 Å². The molecule has 0 saturated heterocycles. The number of rotatable bonds is 5. The van der Waals surface area contributed by atoms with E-state index in [1.54, 1.807) is 20.4 Å². The van der Waals surface area contributed by atoms with Gasteiger partial charge in [-0.3, -0.25) is 5.43 Å². The lowest BCUT2D eigenvalue weighted by atomic mass is 10.2. The largest absolute Gasteiger partial charge is 0.497 e. The van der Waals surface area contributed by atoms with Crippen LogP contribution in [0.4, 0.5) is 5.13 Å². The molecule has 1 heterocycles. The van der Waals surface area contributed by atoms with Gasteiger partial charge in [0.25, 0.3) is 0 Å². The number of hydrogen-bond donors (Lipinski definition) is 1. The standard InChI is InChI=1S/C13H15N3O2S/c1-9-8-19-13(15-9)16-14-7-10-4-5-11(17-2)6-12(10)18-3/h4-8H,1-3H3,(H,15,16). The fraction of sp³-hybridized carbons (Fsp3) is 0.231. The molecule has 0 amide bonds. The van der Waals surface area contributed by atoms with Crippen molar-refractivity contribution in [3.63, 3.8) is 0 Å². The third kappa shape index (κ3) is 3.45. The molecule has 2 aromatic rings. The molecule has 0 aliphatic carbocycles. The van der Waals surface area contributed by atoms with Gasteiger partial charge in [-0.15, -0.1) is 11.3 Å². The van der Waals surface area contributed by atoms with E-state index in [-0.39, 0.29) is 0 Å². The van der Waals surface area contributed by atoms with Crippen LogP contribution in [0.3, 0.4) is 0 Å². The highest BCUT2D eigenvalue weighted by molar-refractivity contribution is 7.13. The topological polar surface area (TPSA) is 55.7 Å². The molecule has 100 valence electrons. The molecule has 0 aliphatic rings. The van der Waals surface area contributed by atoms with Crippen LogP contribution < -0.4 is 14.9 Å². The molecule has 19 heavy (non-hydrogen) atoms.